The number of anilines is 2. The molecule has 5 nitrogen and oxygen atoms in total. The number of hydrogen-bond acceptors (Lipinski definition) is 5. The second-order valence-electron chi connectivity index (χ2n) is 7.50. The summed E-state index contributed by atoms with van der Waals surface area (Å²) in [6.07, 6.45) is 1.78. The first-order chi connectivity index (χ1) is 11.3. The normalized spacial score (nSPS) is 12.1. The van der Waals surface area contributed by atoms with Gasteiger partial charge in [0.15, 0.2) is 0 Å². The maximum Gasteiger partial charge on any atom is 0.129 e. The van der Waals surface area contributed by atoms with E-state index in [-0.39, 0.29) is 5.54 Å². The minimum atomic E-state index is -0.0295. The fourth-order valence-electron chi connectivity index (χ4n) is 2.44. The van der Waals surface area contributed by atoms with Gasteiger partial charge in [-0.25, -0.2) is 4.98 Å². The molecule has 0 spiro atoms. The van der Waals surface area contributed by atoms with E-state index >= 15 is 0 Å². The summed E-state index contributed by atoms with van der Waals surface area (Å²) < 4.78 is 1.18. The van der Waals surface area contributed by atoms with E-state index < -0.39 is 0 Å². The van der Waals surface area contributed by atoms with Gasteiger partial charge in [0.05, 0.1) is 26.5 Å². The summed E-state index contributed by atoms with van der Waals surface area (Å²) in [6.45, 7) is 11.8. The molecule has 0 aliphatic heterocycles. The lowest BCUT2D eigenvalue weighted by Gasteiger charge is -2.22. The Morgan fingerprint density at radius 3 is 2.67 bits per heavy atom. The van der Waals surface area contributed by atoms with Gasteiger partial charge in [-0.05, 0) is 38.8 Å². The quantitative estimate of drug-likeness (QED) is 0.612. The van der Waals surface area contributed by atoms with Crippen molar-refractivity contribution in [3.05, 3.63) is 24.4 Å². The Hall–Kier alpha value is -2.08. The van der Waals surface area contributed by atoms with Gasteiger partial charge in [-0.3, -0.25) is 5.10 Å². The predicted molar refractivity (Wildman–Crippen MR) is 104 cm³/mol. The van der Waals surface area contributed by atoms with Crippen molar-refractivity contribution in [1.29, 1.82) is 0 Å². The summed E-state index contributed by atoms with van der Waals surface area (Å²) in [4.78, 5) is 5.95. The van der Waals surface area contributed by atoms with Crippen molar-refractivity contribution in [2.45, 2.75) is 40.2 Å². The van der Waals surface area contributed by atoms with Crippen LogP contribution in [-0.2, 0) is 0 Å². The molecule has 3 aromatic rings. The summed E-state index contributed by atoms with van der Waals surface area (Å²) in [5.74, 6) is 1.48. The Bertz CT molecular complexity index is 812. The Morgan fingerprint density at radius 2 is 2.04 bits per heavy atom. The van der Waals surface area contributed by atoms with Crippen molar-refractivity contribution in [1.82, 2.24) is 15.2 Å². The molecule has 3 rings (SSSR count). The fraction of sp³-hybridized carbons (Fsp3) is 0.444. The maximum absolute atomic E-state index is 4.80. The average molecular weight is 344 g/mol. The molecule has 0 unspecified atom stereocenters. The summed E-state index contributed by atoms with van der Waals surface area (Å²) in [7, 11) is 0. The van der Waals surface area contributed by atoms with E-state index in [1.165, 1.54) is 4.70 Å². The molecule has 0 bridgehead atoms. The molecule has 0 atom stereocenters. The maximum atomic E-state index is 4.80. The second kappa shape index (κ2) is 6.43. The number of rotatable bonds is 5. The van der Waals surface area contributed by atoms with E-state index in [4.69, 9.17) is 4.98 Å². The standard InChI is InChI=1S/C18H25N5S/c1-11(2)10-19-13-9-16(22-18(3,4)5)21-14-8-15(24-17(13)14)12-6-7-20-23-12/h6-9,11H,10H2,1-5H3,(H,20,23)(H2,19,21,22). The van der Waals surface area contributed by atoms with Crippen LogP contribution >= 0.6 is 11.3 Å². The molecule has 0 aromatic carbocycles. The minimum Gasteiger partial charge on any atom is -0.383 e. The molecule has 0 amide bonds. The van der Waals surface area contributed by atoms with E-state index in [1.54, 1.807) is 17.5 Å². The minimum absolute atomic E-state index is 0.0295. The SMILES string of the molecule is CC(C)CNc1cc(NC(C)(C)C)nc2cc(-c3ccn[nH]3)sc12. The molecule has 128 valence electrons. The predicted octanol–water partition coefficient (Wildman–Crippen LogP) is 4.96. The van der Waals surface area contributed by atoms with Crippen LogP contribution in [0.2, 0.25) is 0 Å². The Labute approximate surface area is 146 Å². The molecule has 24 heavy (non-hydrogen) atoms. The lowest BCUT2D eigenvalue weighted by molar-refractivity contribution is 0.631. The van der Waals surface area contributed by atoms with Crippen LogP contribution in [0.15, 0.2) is 24.4 Å². The van der Waals surface area contributed by atoms with E-state index in [9.17, 15) is 0 Å². The molecule has 0 fully saturated rings. The topological polar surface area (TPSA) is 65.6 Å². The van der Waals surface area contributed by atoms with Crippen molar-refractivity contribution >= 4 is 33.1 Å². The molecule has 6 heteroatoms. The van der Waals surface area contributed by atoms with E-state index in [0.29, 0.717) is 5.92 Å². The van der Waals surface area contributed by atoms with Gasteiger partial charge in [0.25, 0.3) is 0 Å². The second-order valence-corrected chi connectivity index (χ2v) is 8.55. The number of H-pyrrole nitrogens is 1. The molecule has 0 aliphatic rings. The molecule has 0 saturated heterocycles. The molecule has 3 heterocycles. The molecule has 0 radical (unpaired) electrons. The van der Waals surface area contributed by atoms with E-state index in [0.717, 1.165) is 34.1 Å². The van der Waals surface area contributed by atoms with Gasteiger partial charge in [0.1, 0.15) is 5.82 Å². The van der Waals surface area contributed by atoms with Gasteiger partial charge in [0, 0.05) is 24.3 Å². The monoisotopic (exact) mass is 343 g/mol. The van der Waals surface area contributed by atoms with Crippen LogP contribution in [-0.4, -0.2) is 27.3 Å². The van der Waals surface area contributed by atoms with Crippen molar-refractivity contribution in [2.75, 3.05) is 17.2 Å². The Kier molecular flexibility index (Phi) is 4.49. The highest BCUT2D eigenvalue weighted by atomic mass is 32.1. The van der Waals surface area contributed by atoms with Gasteiger partial charge in [-0.1, -0.05) is 13.8 Å². The number of aromatic amines is 1. The zero-order valence-corrected chi connectivity index (χ0v) is 15.7. The van der Waals surface area contributed by atoms with Crippen molar-refractivity contribution in [3.63, 3.8) is 0 Å². The van der Waals surface area contributed by atoms with Crippen LogP contribution in [0.4, 0.5) is 11.5 Å². The molecular weight excluding hydrogens is 318 g/mol. The third kappa shape index (κ3) is 3.87. The molecule has 0 aliphatic carbocycles. The summed E-state index contributed by atoms with van der Waals surface area (Å²) in [5, 5.41) is 14.1. The average Bonchev–Trinajstić information content (AvgIpc) is 3.11. The number of nitrogens with zero attached hydrogens (tertiary/aromatic N) is 2. The van der Waals surface area contributed by atoms with Gasteiger partial charge in [0.2, 0.25) is 0 Å². The van der Waals surface area contributed by atoms with E-state index in [1.807, 2.05) is 6.07 Å². The van der Waals surface area contributed by atoms with Crippen LogP contribution in [0.5, 0.6) is 0 Å². The Morgan fingerprint density at radius 1 is 1.25 bits per heavy atom. The summed E-state index contributed by atoms with van der Waals surface area (Å²) in [6, 6.07) is 6.23. The van der Waals surface area contributed by atoms with E-state index in [2.05, 4.69) is 67.6 Å². The lowest BCUT2D eigenvalue weighted by Crippen LogP contribution is -2.26. The van der Waals surface area contributed by atoms with Crippen molar-refractivity contribution in [2.24, 2.45) is 5.92 Å². The van der Waals surface area contributed by atoms with Gasteiger partial charge < -0.3 is 10.6 Å². The largest absolute Gasteiger partial charge is 0.383 e. The molecular formula is C18H25N5S. The van der Waals surface area contributed by atoms with Gasteiger partial charge in [-0.15, -0.1) is 11.3 Å². The number of fused-ring (bicyclic) bond motifs is 1. The highest BCUT2D eigenvalue weighted by Gasteiger charge is 2.15. The number of thiophene rings is 1. The van der Waals surface area contributed by atoms with Crippen LogP contribution < -0.4 is 10.6 Å². The summed E-state index contributed by atoms with van der Waals surface area (Å²) >= 11 is 1.74. The van der Waals surface area contributed by atoms with Crippen LogP contribution in [0.25, 0.3) is 20.8 Å². The number of hydrogen-bond donors (Lipinski definition) is 3. The number of nitrogens with one attached hydrogen (secondary N) is 3. The number of pyridine rings is 1. The zero-order valence-electron chi connectivity index (χ0n) is 14.9. The molecule has 3 aromatic heterocycles. The van der Waals surface area contributed by atoms with Crippen LogP contribution in [0.3, 0.4) is 0 Å². The Balaban J connectivity index is 2.05. The van der Waals surface area contributed by atoms with Crippen LogP contribution in [0.1, 0.15) is 34.6 Å². The first kappa shape index (κ1) is 16.8. The fourth-order valence-corrected chi connectivity index (χ4v) is 3.51. The summed E-state index contributed by atoms with van der Waals surface area (Å²) in [5.41, 5.74) is 3.14. The third-order valence-electron chi connectivity index (χ3n) is 3.45. The van der Waals surface area contributed by atoms with Crippen LogP contribution in [0, 0.1) is 5.92 Å². The first-order valence-electron chi connectivity index (χ1n) is 8.28. The van der Waals surface area contributed by atoms with Crippen molar-refractivity contribution < 1.29 is 0 Å². The highest BCUT2D eigenvalue weighted by Crippen LogP contribution is 2.37. The molecule has 0 saturated carbocycles. The highest BCUT2D eigenvalue weighted by molar-refractivity contribution is 7.22. The van der Waals surface area contributed by atoms with Gasteiger partial charge in [-0.2, -0.15) is 5.10 Å². The smallest absolute Gasteiger partial charge is 0.129 e. The van der Waals surface area contributed by atoms with Gasteiger partial charge >= 0.3 is 0 Å². The molecule has 3 N–H and O–H groups in total. The van der Waals surface area contributed by atoms with Crippen molar-refractivity contribution in [3.8, 4) is 10.6 Å². The lowest BCUT2D eigenvalue weighted by atomic mass is 10.1. The third-order valence-corrected chi connectivity index (χ3v) is 4.64. The zero-order chi connectivity index (χ0) is 17.3. The number of aromatic nitrogens is 3. The first-order valence-corrected chi connectivity index (χ1v) is 9.10.